The van der Waals surface area contributed by atoms with E-state index in [0.29, 0.717) is 29.3 Å². The summed E-state index contributed by atoms with van der Waals surface area (Å²) in [7, 11) is 0. The molecule has 280 valence electrons. The zero-order chi connectivity index (χ0) is 39.5. The van der Waals surface area contributed by atoms with Crippen LogP contribution in [-0.4, -0.2) is 15.0 Å². The van der Waals surface area contributed by atoms with Crippen molar-refractivity contribution in [3.05, 3.63) is 205 Å². The molecule has 3 unspecified atom stereocenters. The van der Waals surface area contributed by atoms with Gasteiger partial charge in [-0.15, -0.1) is 24.5 Å². The number of allylic oxidation sites excluding steroid dienone is 11. The molecule has 3 aliphatic carbocycles. The van der Waals surface area contributed by atoms with Gasteiger partial charge in [0.15, 0.2) is 17.5 Å². The minimum atomic E-state index is -0.137. The van der Waals surface area contributed by atoms with Crippen molar-refractivity contribution in [1.29, 1.82) is 0 Å². The molecule has 3 nitrogen and oxygen atoms in total. The van der Waals surface area contributed by atoms with Gasteiger partial charge < -0.3 is 0 Å². The van der Waals surface area contributed by atoms with Gasteiger partial charge in [-0.2, -0.15) is 0 Å². The molecule has 58 heavy (non-hydrogen) atoms. The van der Waals surface area contributed by atoms with Crippen LogP contribution in [0.2, 0.25) is 0 Å². The molecule has 4 heteroatoms. The zero-order valence-electron chi connectivity index (χ0n) is 32.8. The highest BCUT2D eigenvalue weighted by Gasteiger charge is 2.36. The molecule has 10 rings (SSSR count). The summed E-state index contributed by atoms with van der Waals surface area (Å²) in [5, 5.41) is 2.37. The van der Waals surface area contributed by atoms with Crippen molar-refractivity contribution in [2.45, 2.75) is 25.7 Å². The van der Waals surface area contributed by atoms with Crippen LogP contribution < -0.4 is 0 Å². The lowest BCUT2D eigenvalue weighted by Crippen LogP contribution is -2.27. The molecule has 0 aliphatic heterocycles. The maximum absolute atomic E-state index is 5.30. The first-order chi connectivity index (χ1) is 28.4. The third-order valence-corrected chi connectivity index (χ3v) is 13.6. The van der Waals surface area contributed by atoms with E-state index in [0.717, 1.165) is 23.1 Å². The molecule has 0 spiro atoms. The van der Waals surface area contributed by atoms with Gasteiger partial charge >= 0.3 is 0 Å². The van der Waals surface area contributed by atoms with Crippen molar-refractivity contribution in [2.24, 2.45) is 17.8 Å². The fraction of sp³-hybridized carbons (Fsp3) is 0.130. The second kappa shape index (κ2) is 14.2. The standard InChI is InChI=1S/C54H43N3S/c1-6-9-16-37-29-33(7-2)39(8-3)40-26-23-35(30-44(37)40)36-25-28-48-45(31-36)50-43(20-15-22-49(50)58-48)53-56-51(34-17-11-10-12-18-34)55-52(57-53)38-24-27-42-41-19-13-14-21-46(41)54(4,5)47(42)32-38/h6-25,27-33,39-40H,1-3,26H2,4-5H3/b16-9-. The predicted molar refractivity (Wildman–Crippen MR) is 246 cm³/mol. The van der Waals surface area contributed by atoms with Crippen molar-refractivity contribution < 1.29 is 0 Å². The monoisotopic (exact) mass is 765 g/mol. The number of nitrogens with zero attached hydrogens (tertiary/aromatic N) is 3. The van der Waals surface area contributed by atoms with E-state index in [1.807, 2.05) is 41.7 Å². The van der Waals surface area contributed by atoms with Gasteiger partial charge in [0.2, 0.25) is 0 Å². The molecular weight excluding hydrogens is 723 g/mol. The molecule has 0 fully saturated rings. The van der Waals surface area contributed by atoms with E-state index >= 15 is 0 Å². The van der Waals surface area contributed by atoms with E-state index in [1.54, 1.807) is 0 Å². The minimum absolute atomic E-state index is 0.137. The van der Waals surface area contributed by atoms with Gasteiger partial charge in [-0.25, -0.2) is 15.0 Å². The average molecular weight is 766 g/mol. The van der Waals surface area contributed by atoms with Crippen LogP contribution in [0, 0.1) is 17.8 Å². The number of benzene rings is 5. The molecule has 0 radical (unpaired) electrons. The third kappa shape index (κ3) is 5.82. The Balaban J connectivity index is 1.11. The summed E-state index contributed by atoms with van der Waals surface area (Å²) in [5.41, 5.74) is 13.0. The second-order valence-corrected chi connectivity index (χ2v) is 17.1. The number of rotatable bonds is 8. The third-order valence-electron chi connectivity index (χ3n) is 12.5. The highest BCUT2D eigenvalue weighted by Crippen LogP contribution is 2.50. The summed E-state index contributed by atoms with van der Waals surface area (Å²) in [5.74, 6) is 2.90. The number of aromatic nitrogens is 3. The van der Waals surface area contributed by atoms with E-state index in [1.165, 1.54) is 64.7 Å². The summed E-state index contributed by atoms with van der Waals surface area (Å²) >= 11 is 1.81. The Hall–Kier alpha value is -6.49. The average Bonchev–Trinajstić information content (AvgIpc) is 3.76. The van der Waals surface area contributed by atoms with Crippen LogP contribution in [0.1, 0.15) is 37.0 Å². The first-order valence-corrected chi connectivity index (χ1v) is 20.9. The van der Waals surface area contributed by atoms with Gasteiger partial charge in [-0.3, -0.25) is 0 Å². The molecular formula is C54H43N3S. The molecule has 5 aromatic carbocycles. The van der Waals surface area contributed by atoms with Crippen molar-refractivity contribution >= 4 is 37.1 Å². The Bertz CT molecular complexity index is 2970. The van der Waals surface area contributed by atoms with Crippen LogP contribution in [0.3, 0.4) is 0 Å². The van der Waals surface area contributed by atoms with Gasteiger partial charge in [0.25, 0.3) is 0 Å². The summed E-state index contributed by atoms with van der Waals surface area (Å²) in [6.45, 7) is 16.9. The van der Waals surface area contributed by atoms with E-state index in [-0.39, 0.29) is 11.3 Å². The zero-order valence-corrected chi connectivity index (χ0v) is 33.6. The fourth-order valence-corrected chi connectivity index (χ4v) is 10.6. The Morgan fingerprint density at radius 3 is 2.22 bits per heavy atom. The van der Waals surface area contributed by atoms with Crippen LogP contribution in [0.15, 0.2) is 189 Å². The van der Waals surface area contributed by atoms with Crippen LogP contribution in [-0.2, 0) is 5.41 Å². The number of fused-ring (bicyclic) bond motifs is 7. The number of hydrogen-bond acceptors (Lipinski definition) is 4. The SMILES string of the molecule is C=C/C=C\C1=CC(C=C)C(C=C)C2CC=C(c3ccc4sc5cccc(-c6nc(-c7ccccc7)nc(-c7ccc8c(c7)C(C)(C)c7ccccc7-8)n6)c5c4c3)C=C12. The molecule has 2 aromatic heterocycles. The second-order valence-electron chi connectivity index (χ2n) is 16.0. The van der Waals surface area contributed by atoms with Gasteiger partial charge in [0.05, 0.1) is 0 Å². The highest BCUT2D eigenvalue weighted by atomic mass is 32.1. The van der Waals surface area contributed by atoms with Crippen LogP contribution >= 0.6 is 11.3 Å². The summed E-state index contributed by atoms with van der Waals surface area (Å²) in [4.78, 5) is 15.7. The molecule has 0 N–H and O–H groups in total. The quantitative estimate of drug-likeness (QED) is 0.114. The van der Waals surface area contributed by atoms with E-state index in [4.69, 9.17) is 15.0 Å². The minimum Gasteiger partial charge on any atom is -0.208 e. The first kappa shape index (κ1) is 35.9. The summed E-state index contributed by atoms with van der Waals surface area (Å²) in [6.07, 6.45) is 18.3. The lowest BCUT2D eigenvalue weighted by Gasteiger charge is -2.37. The van der Waals surface area contributed by atoms with Gasteiger partial charge in [-0.05, 0) is 87.1 Å². The Labute approximate surface area is 344 Å². The van der Waals surface area contributed by atoms with Crippen LogP contribution in [0.25, 0.3) is 71.0 Å². The highest BCUT2D eigenvalue weighted by molar-refractivity contribution is 7.25. The van der Waals surface area contributed by atoms with Crippen LogP contribution in [0.4, 0.5) is 0 Å². The van der Waals surface area contributed by atoms with Gasteiger partial charge in [0, 0.05) is 48.2 Å². The summed E-state index contributed by atoms with van der Waals surface area (Å²) < 4.78 is 2.44. The van der Waals surface area contributed by atoms with E-state index in [9.17, 15) is 0 Å². The Morgan fingerprint density at radius 2 is 1.41 bits per heavy atom. The maximum Gasteiger partial charge on any atom is 0.164 e. The maximum atomic E-state index is 5.30. The van der Waals surface area contributed by atoms with Crippen molar-refractivity contribution in [2.75, 3.05) is 0 Å². The largest absolute Gasteiger partial charge is 0.208 e. The normalized spacial score (nSPS) is 19.2. The van der Waals surface area contributed by atoms with Crippen molar-refractivity contribution in [1.82, 2.24) is 15.0 Å². The smallest absolute Gasteiger partial charge is 0.164 e. The number of hydrogen-bond donors (Lipinski definition) is 0. The lowest BCUT2D eigenvalue weighted by atomic mass is 9.66. The molecule has 0 saturated heterocycles. The molecule has 0 bridgehead atoms. The van der Waals surface area contributed by atoms with Crippen LogP contribution in [0.5, 0.6) is 0 Å². The van der Waals surface area contributed by atoms with Gasteiger partial charge in [0.1, 0.15) is 0 Å². The van der Waals surface area contributed by atoms with E-state index < -0.39 is 0 Å². The molecule has 3 aliphatic rings. The number of thiophene rings is 1. The topological polar surface area (TPSA) is 38.7 Å². The lowest BCUT2D eigenvalue weighted by molar-refractivity contribution is 0.391. The molecule has 0 saturated carbocycles. The molecule has 0 amide bonds. The predicted octanol–water partition coefficient (Wildman–Crippen LogP) is 14.2. The fourth-order valence-electron chi connectivity index (χ4n) is 9.51. The van der Waals surface area contributed by atoms with Crippen molar-refractivity contribution in [3.8, 4) is 45.3 Å². The first-order valence-electron chi connectivity index (χ1n) is 20.1. The Morgan fingerprint density at radius 1 is 0.672 bits per heavy atom. The van der Waals surface area contributed by atoms with Crippen molar-refractivity contribution in [3.63, 3.8) is 0 Å². The summed E-state index contributed by atoms with van der Waals surface area (Å²) in [6, 6.07) is 39.1. The Kier molecular flexibility index (Phi) is 8.76. The van der Waals surface area contributed by atoms with E-state index in [2.05, 4.69) is 161 Å². The molecule has 2 heterocycles. The molecule has 7 aromatic rings. The molecule has 3 atom stereocenters. The van der Waals surface area contributed by atoms with Gasteiger partial charge in [-0.1, -0.05) is 154 Å².